The number of methoxy groups -OCH3 is 1. The largest absolute Gasteiger partial charge is 0.497 e. The highest BCUT2D eigenvalue weighted by molar-refractivity contribution is 5.81. The lowest BCUT2D eigenvalue weighted by Crippen LogP contribution is -2.42. The van der Waals surface area contributed by atoms with Gasteiger partial charge in [-0.3, -0.25) is 0 Å². The molecule has 0 fully saturated rings. The van der Waals surface area contributed by atoms with Crippen LogP contribution < -0.4 is 14.8 Å². The summed E-state index contributed by atoms with van der Waals surface area (Å²) in [5, 5.41) is 12.1. The van der Waals surface area contributed by atoms with E-state index in [0.29, 0.717) is 17.3 Å². The van der Waals surface area contributed by atoms with Crippen molar-refractivity contribution < 1.29 is 33.3 Å². The van der Waals surface area contributed by atoms with Crippen LogP contribution in [-0.4, -0.2) is 36.9 Å². The molecule has 1 aromatic heterocycles. The average molecular weight is 514 g/mol. The molecule has 1 aliphatic rings. The summed E-state index contributed by atoms with van der Waals surface area (Å²) in [5.74, 6) is 0.997. The van der Waals surface area contributed by atoms with Gasteiger partial charge in [-0.05, 0) is 58.7 Å². The fourth-order valence-corrected chi connectivity index (χ4v) is 4.62. The average Bonchev–Trinajstić information content (AvgIpc) is 3.52. The quantitative estimate of drug-likeness (QED) is 0.292. The number of hydrogen-bond donors (Lipinski definition) is 2. The van der Waals surface area contributed by atoms with Crippen molar-refractivity contribution in [3.63, 3.8) is 0 Å². The number of fused-ring (bicyclic) bond motifs is 3. The molecule has 1 aliphatic carbocycles. The summed E-state index contributed by atoms with van der Waals surface area (Å²) in [6, 6.07) is 25.3. The van der Waals surface area contributed by atoms with Crippen LogP contribution in [0.4, 0.5) is 4.79 Å². The van der Waals surface area contributed by atoms with Gasteiger partial charge in [-0.2, -0.15) is 0 Å². The lowest BCUT2D eigenvalue weighted by Gasteiger charge is -2.17. The molecule has 2 N–H and O–H groups in total. The van der Waals surface area contributed by atoms with Crippen LogP contribution in [0.15, 0.2) is 89.3 Å². The number of ether oxygens (including phenoxy) is 3. The molecule has 3 aromatic carbocycles. The molecule has 0 spiro atoms. The number of benzene rings is 3. The zero-order chi connectivity index (χ0) is 26.5. The summed E-state index contributed by atoms with van der Waals surface area (Å²) in [5.41, 5.74) is 4.39. The van der Waals surface area contributed by atoms with Gasteiger partial charge in [0.25, 0.3) is 0 Å². The highest BCUT2D eigenvalue weighted by Crippen LogP contribution is 2.44. The van der Waals surface area contributed by atoms with Gasteiger partial charge in [0.2, 0.25) is 0 Å². The number of hydrogen-bond acceptors (Lipinski definition) is 6. The number of carbonyl (C=O) groups is 2. The van der Waals surface area contributed by atoms with Crippen molar-refractivity contribution in [3.05, 3.63) is 108 Å². The first-order valence-corrected chi connectivity index (χ1v) is 12.2. The van der Waals surface area contributed by atoms with Crippen molar-refractivity contribution in [1.82, 2.24) is 5.32 Å². The molecule has 1 amide bonds. The van der Waals surface area contributed by atoms with E-state index in [4.69, 9.17) is 18.6 Å². The standard InChI is InChI=1S/C30H27NO7/c1-35-19-10-12-20(13-11-19)36-17-22-15-14-21(38-22)16-28(29(32)33)31-30(34)37-18-27-25-8-4-2-6-23(25)24-7-3-5-9-26(24)27/h2-15,27-28H,16-18H2,1H3,(H,31,34)(H,32,33). The van der Waals surface area contributed by atoms with Crippen molar-refractivity contribution in [2.45, 2.75) is 25.0 Å². The van der Waals surface area contributed by atoms with Gasteiger partial charge in [-0.1, -0.05) is 48.5 Å². The molecule has 8 nitrogen and oxygen atoms in total. The van der Waals surface area contributed by atoms with Gasteiger partial charge < -0.3 is 29.1 Å². The van der Waals surface area contributed by atoms with Gasteiger partial charge in [-0.25, -0.2) is 9.59 Å². The molecule has 0 bridgehead atoms. The van der Waals surface area contributed by atoms with Crippen LogP contribution in [0.25, 0.3) is 11.1 Å². The SMILES string of the molecule is COc1ccc(OCc2ccc(CC(NC(=O)OCC3c4ccccc4-c4ccccc43)C(=O)O)o2)cc1. The van der Waals surface area contributed by atoms with Crippen LogP contribution in [0.1, 0.15) is 28.6 Å². The van der Waals surface area contributed by atoms with Crippen molar-refractivity contribution in [1.29, 1.82) is 0 Å². The maximum Gasteiger partial charge on any atom is 0.407 e. The topological polar surface area (TPSA) is 107 Å². The number of aliphatic carboxylic acids is 1. The van der Waals surface area contributed by atoms with Crippen molar-refractivity contribution >= 4 is 12.1 Å². The van der Waals surface area contributed by atoms with Crippen LogP contribution in [0.5, 0.6) is 11.5 Å². The molecule has 1 unspecified atom stereocenters. The van der Waals surface area contributed by atoms with E-state index in [0.717, 1.165) is 28.0 Å². The maximum absolute atomic E-state index is 12.6. The molecule has 0 aliphatic heterocycles. The van der Waals surface area contributed by atoms with Gasteiger partial charge in [0.1, 0.15) is 42.3 Å². The third-order valence-electron chi connectivity index (χ3n) is 6.50. The highest BCUT2D eigenvalue weighted by Gasteiger charge is 2.30. The predicted octanol–water partition coefficient (Wildman–Crippen LogP) is 5.40. The second-order valence-electron chi connectivity index (χ2n) is 8.90. The monoisotopic (exact) mass is 513 g/mol. The maximum atomic E-state index is 12.6. The summed E-state index contributed by atoms with van der Waals surface area (Å²) in [6.45, 7) is 0.268. The van der Waals surface area contributed by atoms with E-state index >= 15 is 0 Å². The molecular weight excluding hydrogens is 486 g/mol. The Morgan fingerprint density at radius 3 is 2.11 bits per heavy atom. The molecule has 5 rings (SSSR count). The molecule has 4 aromatic rings. The second kappa shape index (κ2) is 11.1. The van der Waals surface area contributed by atoms with Crippen molar-refractivity contribution in [2.75, 3.05) is 13.7 Å². The number of carboxylic acids is 1. The number of carbonyl (C=O) groups excluding carboxylic acids is 1. The number of carboxylic acid groups (broad SMARTS) is 1. The van der Waals surface area contributed by atoms with E-state index in [9.17, 15) is 14.7 Å². The zero-order valence-electron chi connectivity index (χ0n) is 20.8. The summed E-state index contributed by atoms with van der Waals surface area (Å²) < 4.78 is 22.0. The Morgan fingerprint density at radius 1 is 0.868 bits per heavy atom. The third-order valence-corrected chi connectivity index (χ3v) is 6.50. The molecule has 8 heteroatoms. The molecule has 1 atom stereocenters. The Kier molecular flexibility index (Phi) is 7.31. The van der Waals surface area contributed by atoms with E-state index in [1.165, 1.54) is 0 Å². The Morgan fingerprint density at radius 2 is 1.47 bits per heavy atom. The Bertz CT molecular complexity index is 1380. The second-order valence-corrected chi connectivity index (χ2v) is 8.90. The minimum absolute atomic E-state index is 0.0396. The van der Waals surface area contributed by atoms with Crippen molar-refractivity contribution in [2.24, 2.45) is 0 Å². The van der Waals surface area contributed by atoms with Crippen LogP contribution in [0.2, 0.25) is 0 Å². The van der Waals surface area contributed by atoms with E-state index in [-0.39, 0.29) is 25.6 Å². The van der Waals surface area contributed by atoms with Crippen LogP contribution in [-0.2, 0) is 22.6 Å². The minimum Gasteiger partial charge on any atom is -0.497 e. The van der Waals surface area contributed by atoms with Crippen LogP contribution in [0, 0.1) is 0 Å². The normalized spacial score (nSPS) is 12.8. The Balaban J connectivity index is 1.16. The summed E-state index contributed by atoms with van der Waals surface area (Å²) in [4.78, 5) is 24.4. The van der Waals surface area contributed by atoms with E-state index < -0.39 is 18.1 Å². The first-order valence-electron chi connectivity index (χ1n) is 12.2. The van der Waals surface area contributed by atoms with Gasteiger partial charge in [0, 0.05) is 12.3 Å². The molecule has 194 valence electrons. The Labute approximate surface area is 219 Å². The molecule has 0 radical (unpaired) electrons. The lowest BCUT2D eigenvalue weighted by molar-refractivity contribution is -0.139. The number of alkyl carbamates (subject to hydrolysis) is 1. The lowest BCUT2D eigenvalue weighted by atomic mass is 9.98. The van der Waals surface area contributed by atoms with E-state index in [1.807, 2.05) is 48.5 Å². The summed E-state index contributed by atoms with van der Waals surface area (Å²) in [6.07, 6.45) is -0.837. The van der Waals surface area contributed by atoms with Gasteiger partial charge in [-0.15, -0.1) is 0 Å². The highest BCUT2D eigenvalue weighted by atomic mass is 16.5. The van der Waals surface area contributed by atoms with Gasteiger partial charge in [0.05, 0.1) is 7.11 Å². The molecule has 0 saturated heterocycles. The summed E-state index contributed by atoms with van der Waals surface area (Å²) >= 11 is 0. The number of rotatable bonds is 10. The Hall–Kier alpha value is -4.72. The predicted molar refractivity (Wildman–Crippen MR) is 139 cm³/mol. The molecular formula is C30H27NO7. The van der Waals surface area contributed by atoms with Gasteiger partial charge >= 0.3 is 12.1 Å². The fraction of sp³-hybridized carbons (Fsp3) is 0.200. The number of amides is 1. The van der Waals surface area contributed by atoms with Crippen LogP contribution in [0.3, 0.4) is 0 Å². The van der Waals surface area contributed by atoms with E-state index in [2.05, 4.69) is 5.32 Å². The zero-order valence-corrected chi connectivity index (χ0v) is 20.8. The molecule has 0 saturated carbocycles. The smallest absolute Gasteiger partial charge is 0.407 e. The molecule has 1 heterocycles. The number of furan rings is 1. The first-order chi connectivity index (χ1) is 18.5. The number of nitrogens with one attached hydrogen (secondary N) is 1. The van der Waals surface area contributed by atoms with E-state index in [1.54, 1.807) is 43.5 Å². The third kappa shape index (κ3) is 5.49. The van der Waals surface area contributed by atoms with Crippen molar-refractivity contribution in [3.8, 4) is 22.6 Å². The minimum atomic E-state index is -1.22. The fourth-order valence-electron chi connectivity index (χ4n) is 4.62. The first kappa shape index (κ1) is 25.0. The summed E-state index contributed by atoms with van der Waals surface area (Å²) in [7, 11) is 1.59. The molecule has 38 heavy (non-hydrogen) atoms. The van der Waals surface area contributed by atoms with Gasteiger partial charge in [0.15, 0.2) is 0 Å². The van der Waals surface area contributed by atoms with Crippen LogP contribution >= 0.6 is 0 Å².